The second kappa shape index (κ2) is 11.1. The van der Waals surface area contributed by atoms with Gasteiger partial charge in [0.05, 0.1) is 16.1 Å². The monoisotopic (exact) mass is 550 g/mol. The highest BCUT2D eigenvalue weighted by molar-refractivity contribution is 6.34. The summed E-state index contributed by atoms with van der Waals surface area (Å²) in [5, 5.41) is 13.3. The first kappa shape index (κ1) is 26.8. The van der Waals surface area contributed by atoms with Gasteiger partial charge >= 0.3 is 0 Å². The third-order valence-corrected chi connectivity index (χ3v) is 7.05. The first-order valence-corrected chi connectivity index (χ1v) is 12.9. The number of nitro benzene ring substituents is 1. The lowest BCUT2D eigenvalue weighted by Gasteiger charge is -2.22. The Hall–Kier alpha value is -4.81. The highest BCUT2D eigenvalue weighted by Crippen LogP contribution is 2.50. The van der Waals surface area contributed by atoms with Crippen LogP contribution in [-0.2, 0) is 0 Å². The molecule has 5 aromatic carbocycles. The van der Waals surface area contributed by atoms with Crippen LogP contribution in [0.15, 0.2) is 109 Å². The number of rotatable bonds is 7. The SMILES string of the molecule is CN(C)c1ccccc1-c1cc(C(=O)c2ccccc2)c(-c2ccccc2Cl)c([N+](=O)[O-])c1-c1ccc(F)cc1. The van der Waals surface area contributed by atoms with Crippen LogP contribution in [0.4, 0.5) is 15.8 Å². The number of halogens is 2. The van der Waals surface area contributed by atoms with Gasteiger partial charge in [-0.25, -0.2) is 4.39 Å². The number of carbonyl (C=O) groups is 1. The molecule has 0 unspecified atom stereocenters. The first-order valence-electron chi connectivity index (χ1n) is 12.5. The van der Waals surface area contributed by atoms with Crippen molar-refractivity contribution in [1.82, 2.24) is 0 Å². The number of ketones is 1. The number of nitro groups is 1. The minimum atomic E-state index is -0.485. The Labute approximate surface area is 236 Å². The number of para-hydroxylation sites is 1. The summed E-state index contributed by atoms with van der Waals surface area (Å²) in [6, 6.07) is 30.1. The van der Waals surface area contributed by atoms with Crippen molar-refractivity contribution >= 4 is 28.8 Å². The second-order valence-electron chi connectivity index (χ2n) is 9.42. The average molecular weight is 551 g/mol. The summed E-state index contributed by atoms with van der Waals surface area (Å²) in [6.45, 7) is 0. The summed E-state index contributed by atoms with van der Waals surface area (Å²) in [7, 11) is 3.75. The summed E-state index contributed by atoms with van der Waals surface area (Å²) in [6.07, 6.45) is 0. The van der Waals surface area contributed by atoms with E-state index in [1.54, 1.807) is 60.7 Å². The van der Waals surface area contributed by atoms with Gasteiger partial charge in [-0.2, -0.15) is 0 Å². The molecule has 0 aromatic heterocycles. The fraction of sp³-hybridized carbons (Fsp3) is 0.0606. The predicted octanol–water partition coefficient (Wildman–Crippen LogP) is 8.69. The maximum Gasteiger partial charge on any atom is 0.286 e. The van der Waals surface area contributed by atoms with Gasteiger partial charge < -0.3 is 4.90 Å². The minimum absolute atomic E-state index is 0.106. The van der Waals surface area contributed by atoms with Crippen LogP contribution < -0.4 is 4.90 Å². The third-order valence-electron chi connectivity index (χ3n) is 6.72. The van der Waals surface area contributed by atoms with Crippen molar-refractivity contribution in [3.05, 3.63) is 141 Å². The largest absolute Gasteiger partial charge is 0.377 e. The van der Waals surface area contributed by atoms with Gasteiger partial charge in [0, 0.05) is 47.1 Å². The zero-order valence-corrected chi connectivity index (χ0v) is 22.5. The van der Waals surface area contributed by atoms with Crippen molar-refractivity contribution in [1.29, 1.82) is 0 Å². The number of carbonyl (C=O) groups excluding carboxylic acids is 1. The Morgan fingerprint density at radius 3 is 2.00 bits per heavy atom. The molecule has 5 rings (SSSR count). The van der Waals surface area contributed by atoms with Crippen molar-refractivity contribution in [3.63, 3.8) is 0 Å². The molecule has 0 bridgehead atoms. The second-order valence-corrected chi connectivity index (χ2v) is 9.83. The predicted molar refractivity (Wildman–Crippen MR) is 159 cm³/mol. The lowest BCUT2D eigenvalue weighted by Crippen LogP contribution is -2.12. The van der Waals surface area contributed by atoms with Gasteiger partial charge in [-0.3, -0.25) is 14.9 Å². The molecule has 5 aromatic rings. The number of anilines is 1. The smallest absolute Gasteiger partial charge is 0.286 e. The van der Waals surface area contributed by atoms with Crippen molar-refractivity contribution < 1.29 is 14.1 Å². The normalized spacial score (nSPS) is 10.8. The zero-order valence-electron chi connectivity index (χ0n) is 21.8. The number of nitrogens with zero attached hydrogens (tertiary/aromatic N) is 2. The molecule has 0 atom stereocenters. The molecule has 0 fully saturated rings. The molecule has 0 aliphatic carbocycles. The molecule has 0 aliphatic rings. The van der Waals surface area contributed by atoms with Crippen LogP contribution in [0.2, 0.25) is 5.02 Å². The van der Waals surface area contributed by atoms with Gasteiger partial charge in [-0.05, 0) is 41.5 Å². The third kappa shape index (κ3) is 4.97. The minimum Gasteiger partial charge on any atom is -0.377 e. The Morgan fingerprint density at radius 1 is 0.775 bits per heavy atom. The maximum absolute atomic E-state index is 14.1. The van der Waals surface area contributed by atoms with E-state index in [1.165, 1.54) is 24.3 Å². The van der Waals surface area contributed by atoms with E-state index < -0.39 is 10.7 Å². The maximum atomic E-state index is 14.1. The lowest BCUT2D eigenvalue weighted by atomic mass is 9.83. The van der Waals surface area contributed by atoms with Crippen molar-refractivity contribution in [2.75, 3.05) is 19.0 Å². The highest BCUT2D eigenvalue weighted by atomic mass is 35.5. The van der Waals surface area contributed by atoms with Crippen molar-refractivity contribution in [2.24, 2.45) is 0 Å². The molecule has 0 aliphatic heterocycles. The van der Waals surface area contributed by atoms with E-state index in [2.05, 4.69) is 0 Å². The molecule has 0 radical (unpaired) electrons. The van der Waals surface area contributed by atoms with Crippen LogP contribution in [0.25, 0.3) is 33.4 Å². The first-order chi connectivity index (χ1) is 19.3. The van der Waals surface area contributed by atoms with E-state index in [-0.39, 0.29) is 33.2 Å². The Balaban J connectivity index is 2.01. The van der Waals surface area contributed by atoms with Crippen LogP contribution in [0.1, 0.15) is 15.9 Å². The van der Waals surface area contributed by atoms with Gasteiger partial charge in [-0.1, -0.05) is 90.5 Å². The number of hydrogen-bond acceptors (Lipinski definition) is 4. The van der Waals surface area contributed by atoms with Crippen LogP contribution >= 0.6 is 11.6 Å². The number of hydrogen-bond donors (Lipinski definition) is 0. The van der Waals surface area contributed by atoms with Crippen molar-refractivity contribution in [3.8, 4) is 33.4 Å². The van der Waals surface area contributed by atoms with Gasteiger partial charge in [0.25, 0.3) is 5.69 Å². The van der Waals surface area contributed by atoms with E-state index in [4.69, 9.17) is 11.6 Å². The summed E-state index contributed by atoms with van der Waals surface area (Å²) >= 11 is 6.61. The molecule has 0 saturated heterocycles. The zero-order chi connectivity index (χ0) is 28.4. The van der Waals surface area contributed by atoms with Gasteiger partial charge in [0.2, 0.25) is 0 Å². The Bertz CT molecular complexity index is 1740. The van der Waals surface area contributed by atoms with Gasteiger partial charge in [-0.15, -0.1) is 0 Å². The van der Waals surface area contributed by atoms with E-state index in [0.29, 0.717) is 27.8 Å². The summed E-state index contributed by atoms with van der Waals surface area (Å²) in [4.78, 5) is 28.6. The molecule has 0 spiro atoms. The van der Waals surface area contributed by atoms with E-state index in [9.17, 15) is 19.3 Å². The summed E-state index contributed by atoms with van der Waals surface area (Å²) < 4.78 is 14.0. The lowest BCUT2D eigenvalue weighted by molar-refractivity contribution is -0.383. The molecule has 0 N–H and O–H groups in total. The molecule has 0 saturated carbocycles. The fourth-order valence-corrected chi connectivity index (χ4v) is 5.15. The summed E-state index contributed by atoms with van der Waals surface area (Å²) in [5.74, 6) is -0.850. The van der Waals surface area contributed by atoms with Crippen LogP contribution in [0.5, 0.6) is 0 Å². The van der Waals surface area contributed by atoms with E-state index in [1.807, 2.05) is 43.3 Å². The molecule has 198 valence electrons. The molecular weight excluding hydrogens is 527 g/mol. The highest BCUT2D eigenvalue weighted by Gasteiger charge is 2.33. The van der Waals surface area contributed by atoms with E-state index in [0.717, 1.165) is 5.69 Å². The molecule has 0 heterocycles. The summed E-state index contributed by atoms with van der Waals surface area (Å²) in [5.41, 5.74) is 3.34. The van der Waals surface area contributed by atoms with E-state index >= 15 is 0 Å². The number of benzene rings is 5. The molecule has 7 heteroatoms. The van der Waals surface area contributed by atoms with Gasteiger partial charge in [0.1, 0.15) is 5.82 Å². The quantitative estimate of drug-likeness (QED) is 0.115. The molecule has 5 nitrogen and oxygen atoms in total. The average Bonchev–Trinajstić information content (AvgIpc) is 2.97. The molecular formula is C33H24ClFN2O3. The van der Waals surface area contributed by atoms with Gasteiger partial charge in [0.15, 0.2) is 5.78 Å². The standard InChI is InChI=1S/C33H24ClFN2O3/c1-36(2)29-15-9-7-12-24(29)26-20-27(33(38)22-10-4-3-5-11-22)31(25-13-6-8-14-28(25)34)32(37(39)40)30(26)21-16-18-23(35)19-17-21/h3-20H,1-2H3. The van der Waals surface area contributed by atoms with Crippen molar-refractivity contribution in [2.45, 2.75) is 0 Å². The molecule has 40 heavy (non-hydrogen) atoms. The Kier molecular flexibility index (Phi) is 7.45. The van der Waals surface area contributed by atoms with Crippen LogP contribution in [0.3, 0.4) is 0 Å². The van der Waals surface area contributed by atoms with Crippen LogP contribution in [0, 0.1) is 15.9 Å². The topological polar surface area (TPSA) is 63.5 Å². The van der Waals surface area contributed by atoms with Crippen LogP contribution in [-0.4, -0.2) is 24.8 Å². The molecule has 0 amide bonds. The fourth-order valence-electron chi connectivity index (χ4n) is 4.92. The Morgan fingerprint density at radius 2 is 1.38 bits per heavy atom.